The van der Waals surface area contributed by atoms with Crippen molar-refractivity contribution < 1.29 is 19.5 Å². The van der Waals surface area contributed by atoms with Crippen molar-refractivity contribution in [2.24, 2.45) is 0 Å². The molecule has 9 aromatic rings. The number of halogens is 4. The number of aryl methyl sites for hydroxylation is 2. The molecule has 0 fully saturated rings. The second kappa shape index (κ2) is 23.0. The summed E-state index contributed by atoms with van der Waals surface area (Å²) in [5.41, 5.74) is 27.5. The minimum Gasteiger partial charge on any atom is -0.478 e. The highest BCUT2D eigenvalue weighted by Gasteiger charge is 2.26. The number of anilines is 3. The highest BCUT2D eigenvalue weighted by Crippen LogP contribution is 2.30. The standard InChI is InChI=1S/2C17H15ClN4O.C10H6ClNO2.C7H11N3.CH4.ClH/c18-10-5-6-11-12(7-8-20-14(11)9-10)17(23)22-15-4-2-1-3-13(15)16(19)21-22;18-10-5-6-11-12(7-8-20-15(11)9-10)17(23)22-16(19)13-3-1-2-4-14(13)21-22;11-6-1-2-7-8(10(13)14)3-4-12-9(7)5-6;8-7-5-3-1-2-4-6(5)9-10-7;;/h5-9H,1-4H2,(H2,19,21);5-9H,1-4,19H2;1-5H,(H,13,14);1-4H2,(H3,8,9,10);1H4;1H. The maximum Gasteiger partial charge on any atom is 0.336 e. The molecule has 372 valence electrons. The molecule has 0 unspecified atom stereocenters. The van der Waals surface area contributed by atoms with E-state index >= 15 is 0 Å². The lowest BCUT2D eigenvalue weighted by Gasteiger charge is -2.13. The number of aromatic nitrogens is 9. The third-order valence-electron chi connectivity index (χ3n) is 12.7. The Bertz CT molecular complexity index is 3480. The van der Waals surface area contributed by atoms with Gasteiger partial charge in [-0.3, -0.25) is 29.6 Å². The highest BCUT2D eigenvalue weighted by molar-refractivity contribution is 6.32. The molecule has 3 aromatic carbocycles. The molecule has 0 saturated heterocycles. The Hall–Kier alpha value is -7.11. The SMILES string of the molecule is C.Cl.Nc1c2c(nn1C(=O)c1ccnc3cc(Cl)ccc13)CCCC2.Nc1n[nH]c2c1CCCC2.Nc1nn(C(=O)c2ccnc3cc(Cl)ccc23)c2c1CCCC2.O=C(O)c1ccnc2cc(Cl)ccc12. The molecule has 6 aromatic heterocycles. The van der Waals surface area contributed by atoms with Gasteiger partial charge in [0.1, 0.15) is 17.5 Å². The van der Waals surface area contributed by atoms with E-state index in [1.54, 1.807) is 73.1 Å². The number of nitrogens with zero attached hydrogens (tertiary/aromatic N) is 8. The molecule has 12 rings (SSSR count). The molecule has 0 amide bonds. The fourth-order valence-electron chi connectivity index (χ4n) is 9.19. The first-order valence-electron chi connectivity index (χ1n) is 22.9. The van der Waals surface area contributed by atoms with Crippen LogP contribution in [0.2, 0.25) is 15.1 Å². The van der Waals surface area contributed by atoms with E-state index in [-0.39, 0.29) is 37.2 Å². The summed E-state index contributed by atoms with van der Waals surface area (Å²) in [5.74, 6) is 0.272. The summed E-state index contributed by atoms with van der Waals surface area (Å²) in [6, 6.07) is 20.5. The summed E-state index contributed by atoms with van der Waals surface area (Å²) in [7, 11) is 0. The van der Waals surface area contributed by atoms with Crippen LogP contribution in [-0.2, 0) is 38.5 Å². The van der Waals surface area contributed by atoms with Crippen LogP contribution in [0.4, 0.5) is 17.5 Å². The molecule has 3 aliphatic carbocycles. The summed E-state index contributed by atoms with van der Waals surface area (Å²) in [6.07, 6.45) is 17.3. The first-order valence-corrected chi connectivity index (χ1v) is 24.0. The highest BCUT2D eigenvalue weighted by atomic mass is 35.5. The van der Waals surface area contributed by atoms with E-state index < -0.39 is 5.97 Å². The van der Waals surface area contributed by atoms with Gasteiger partial charge in [-0.2, -0.15) is 19.6 Å². The third kappa shape index (κ3) is 11.0. The molecule has 16 nitrogen and oxygen atoms in total. The predicted octanol–water partition coefficient (Wildman–Crippen LogP) is 11.0. The Labute approximate surface area is 435 Å². The van der Waals surface area contributed by atoms with Crippen molar-refractivity contribution in [3.05, 3.63) is 157 Å². The zero-order valence-electron chi connectivity index (χ0n) is 38.2. The van der Waals surface area contributed by atoms with Crippen LogP contribution < -0.4 is 17.2 Å². The largest absolute Gasteiger partial charge is 0.478 e. The van der Waals surface area contributed by atoms with E-state index in [1.165, 1.54) is 45.7 Å². The lowest BCUT2D eigenvalue weighted by atomic mass is 9.97. The number of aromatic amines is 1. The Kier molecular flexibility index (Phi) is 16.8. The lowest BCUT2D eigenvalue weighted by molar-refractivity contribution is 0.0698. The first kappa shape index (κ1) is 52.7. The van der Waals surface area contributed by atoms with Crippen molar-refractivity contribution in [2.45, 2.75) is 84.5 Å². The molecule has 0 radical (unpaired) electrons. The van der Waals surface area contributed by atoms with Crippen molar-refractivity contribution in [1.82, 2.24) is 44.7 Å². The van der Waals surface area contributed by atoms with Gasteiger partial charge >= 0.3 is 5.97 Å². The number of hydrogen-bond donors (Lipinski definition) is 5. The van der Waals surface area contributed by atoms with Gasteiger partial charge in [-0.15, -0.1) is 17.5 Å². The van der Waals surface area contributed by atoms with Crippen LogP contribution in [0.5, 0.6) is 0 Å². The maximum absolute atomic E-state index is 13.0. The first-order chi connectivity index (χ1) is 33.9. The smallest absolute Gasteiger partial charge is 0.336 e. The summed E-state index contributed by atoms with van der Waals surface area (Å²) < 4.78 is 2.80. The van der Waals surface area contributed by atoms with Gasteiger partial charge in [0.2, 0.25) is 0 Å². The molecule has 0 spiro atoms. The number of rotatable bonds is 3. The van der Waals surface area contributed by atoms with E-state index in [0.717, 1.165) is 97.5 Å². The number of aromatic carboxylic acids is 1. The van der Waals surface area contributed by atoms with Crippen molar-refractivity contribution in [3.63, 3.8) is 0 Å². The van der Waals surface area contributed by atoms with Gasteiger partial charge < -0.3 is 22.3 Å². The summed E-state index contributed by atoms with van der Waals surface area (Å²) >= 11 is 17.8. The number of nitrogens with two attached hydrogens (primary N) is 3. The van der Waals surface area contributed by atoms with Crippen molar-refractivity contribution in [3.8, 4) is 0 Å². The number of H-pyrrole nitrogens is 1. The van der Waals surface area contributed by atoms with Crippen LogP contribution >= 0.6 is 47.2 Å². The van der Waals surface area contributed by atoms with Crippen LogP contribution in [0.1, 0.15) is 111 Å². The van der Waals surface area contributed by atoms with Crippen LogP contribution in [0.25, 0.3) is 32.7 Å². The number of carbonyl (C=O) groups is 3. The quantitative estimate of drug-likeness (QED) is 0.111. The number of carboxylic acid groups (broad SMARTS) is 1. The van der Waals surface area contributed by atoms with E-state index in [4.69, 9.17) is 57.1 Å². The molecule has 3 aliphatic rings. The number of carbonyl (C=O) groups excluding carboxylic acids is 2. The zero-order valence-corrected chi connectivity index (χ0v) is 41.3. The Morgan fingerprint density at radius 1 is 0.542 bits per heavy atom. The molecule has 20 heteroatoms. The normalized spacial score (nSPS) is 13.3. The zero-order chi connectivity index (χ0) is 49.1. The fraction of sp³-hybridized carbons (Fsp3) is 0.250. The van der Waals surface area contributed by atoms with E-state index in [0.29, 0.717) is 65.6 Å². The number of nitrogens with one attached hydrogen (secondary N) is 1. The van der Waals surface area contributed by atoms with Gasteiger partial charge in [0.05, 0.1) is 44.6 Å². The number of fused-ring (bicyclic) bond motifs is 6. The van der Waals surface area contributed by atoms with Crippen molar-refractivity contribution in [1.29, 1.82) is 0 Å². The number of benzene rings is 3. The van der Waals surface area contributed by atoms with Crippen LogP contribution in [-0.4, -0.2) is 67.6 Å². The van der Waals surface area contributed by atoms with Gasteiger partial charge in [-0.05, 0) is 132 Å². The fourth-order valence-corrected chi connectivity index (χ4v) is 9.69. The van der Waals surface area contributed by atoms with Crippen molar-refractivity contribution in [2.75, 3.05) is 17.2 Å². The van der Waals surface area contributed by atoms with Gasteiger partial charge in [0.25, 0.3) is 11.8 Å². The van der Waals surface area contributed by atoms with Crippen molar-refractivity contribution >= 4 is 115 Å². The molecular formula is C52H52Cl4N12O4. The average Bonchev–Trinajstić information content (AvgIpc) is 4.04. The topological polar surface area (TPSA) is 252 Å². The second-order valence-corrected chi connectivity index (χ2v) is 18.4. The van der Waals surface area contributed by atoms with Gasteiger partial charge in [-0.1, -0.05) is 60.4 Å². The van der Waals surface area contributed by atoms with Crippen LogP contribution in [0.3, 0.4) is 0 Å². The second-order valence-electron chi connectivity index (χ2n) is 17.1. The predicted molar refractivity (Wildman–Crippen MR) is 287 cm³/mol. The van der Waals surface area contributed by atoms with E-state index in [2.05, 4.69) is 35.3 Å². The Morgan fingerprint density at radius 2 is 1.00 bits per heavy atom. The molecule has 8 N–H and O–H groups in total. The van der Waals surface area contributed by atoms with E-state index in [1.807, 2.05) is 6.07 Å². The van der Waals surface area contributed by atoms with Gasteiger partial charge in [0.15, 0.2) is 0 Å². The molecule has 0 saturated carbocycles. The van der Waals surface area contributed by atoms with Crippen LogP contribution in [0, 0.1) is 0 Å². The minimum absolute atomic E-state index is 0. The molecule has 0 aliphatic heterocycles. The van der Waals surface area contributed by atoms with E-state index in [9.17, 15) is 14.4 Å². The average molecular weight is 1050 g/mol. The molecule has 72 heavy (non-hydrogen) atoms. The third-order valence-corrected chi connectivity index (χ3v) is 13.4. The van der Waals surface area contributed by atoms with Gasteiger partial charge in [0, 0.05) is 72.2 Å². The Morgan fingerprint density at radius 3 is 1.53 bits per heavy atom. The lowest BCUT2D eigenvalue weighted by Crippen LogP contribution is -2.19. The summed E-state index contributed by atoms with van der Waals surface area (Å²) in [4.78, 5) is 49.4. The molecule has 0 atom stereocenters. The van der Waals surface area contributed by atoms with Crippen LogP contribution in [0.15, 0.2) is 91.4 Å². The van der Waals surface area contributed by atoms with Gasteiger partial charge in [-0.25, -0.2) is 4.79 Å². The molecular weight excluding hydrogens is 998 g/mol. The summed E-state index contributed by atoms with van der Waals surface area (Å²) in [5, 5.41) is 28.4. The number of carboxylic acids is 1. The number of nitrogen functional groups attached to an aromatic ring is 3. The minimum atomic E-state index is -0.959. The number of pyridine rings is 3. The summed E-state index contributed by atoms with van der Waals surface area (Å²) in [6.45, 7) is 0. The Balaban J connectivity index is 0.000000146. The number of hydrogen-bond acceptors (Lipinski definition) is 12. The monoisotopic (exact) mass is 1050 g/mol. The maximum atomic E-state index is 13.0. The molecule has 0 bridgehead atoms. The molecule has 6 heterocycles.